The summed E-state index contributed by atoms with van der Waals surface area (Å²) in [6.07, 6.45) is 1.75. The van der Waals surface area contributed by atoms with Gasteiger partial charge in [-0.15, -0.1) is 0 Å². The molecule has 2 heterocycles. The highest BCUT2D eigenvalue weighted by molar-refractivity contribution is 5.97. The highest BCUT2D eigenvalue weighted by atomic mass is 16.5. The Bertz CT molecular complexity index is 1040. The molecule has 1 aliphatic heterocycles. The van der Waals surface area contributed by atoms with Gasteiger partial charge in [0.2, 0.25) is 5.91 Å². The Balaban J connectivity index is 1.49. The average Bonchev–Trinajstić information content (AvgIpc) is 2.87. The SMILES string of the molecule is O=C(NC(C(=O)NCc1cccnc1N1CCOCC1)c1ccccc1)c1ccccc1. The van der Waals surface area contributed by atoms with E-state index in [-0.39, 0.29) is 11.8 Å². The first-order chi connectivity index (χ1) is 15.7. The van der Waals surface area contributed by atoms with Crippen molar-refractivity contribution in [2.75, 3.05) is 31.2 Å². The number of anilines is 1. The number of hydrogen-bond donors (Lipinski definition) is 2. The molecule has 1 aromatic heterocycles. The molecule has 1 aliphatic rings. The quantitative estimate of drug-likeness (QED) is 0.602. The molecule has 3 aromatic rings. The first-order valence-corrected chi connectivity index (χ1v) is 10.7. The lowest BCUT2D eigenvalue weighted by molar-refractivity contribution is -0.123. The van der Waals surface area contributed by atoms with Gasteiger partial charge in [-0.2, -0.15) is 0 Å². The van der Waals surface area contributed by atoms with Crippen LogP contribution in [0.1, 0.15) is 27.5 Å². The molecule has 0 spiro atoms. The molecule has 1 saturated heterocycles. The molecule has 2 aromatic carbocycles. The van der Waals surface area contributed by atoms with E-state index < -0.39 is 6.04 Å². The number of ether oxygens (including phenoxy) is 1. The van der Waals surface area contributed by atoms with Crippen LogP contribution in [0.15, 0.2) is 79.0 Å². The Morgan fingerprint density at radius 3 is 2.34 bits per heavy atom. The van der Waals surface area contributed by atoms with Crippen LogP contribution in [-0.2, 0) is 16.1 Å². The van der Waals surface area contributed by atoms with Crippen LogP contribution < -0.4 is 15.5 Å². The van der Waals surface area contributed by atoms with Gasteiger partial charge in [0.1, 0.15) is 11.9 Å². The van der Waals surface area contributed by atoms with Crippen molar-refractivity contribution >= 4 is 17.6 Å². The number of nitrogens with zero attached hydrogens (tertiary/aromatic N) is 2. The Morgan fingerprint density at radius 2 is 1.62 bits per heavy atom. The zero-order valence-corrected chi connectivity index (χ0v) is 17.7. The summed E-state index contributed by atoms with van der Waals surface area (Å²) in [7, 11) is 0. The van der Waals surface area contributed by atoms with Crippen LogP contribution in [0.4, 0.5) is 5.82 Å². The predicted molar refractivity (Wildman–Crippen MR) is 122 cm³/mol. The van der Waals surface area contributed by atoms with Crippen LogP contribution in [0.3, 0.4) is 0 Å². The Kier molecular flexibility index (Phi) is 7.09. The number of rotatable bonds is 7. The minimum absolute atomic E-state index is 0.280. The molecule has 2 N–H and O–H groups in total. The number of aromatic nitrogens is 1. The van der Waals surface area contributed by atoms with Crippen LogP contribution in [-0.4, -0.2) is 43.1 Å². The molecule has 2 amide bonds. The standard InChI is InChI=1S/C25H26N4O3/c30-24(20-10-5-2-6-11-20)28-22(19-8-3-1-4-9-19)25(31)27-18-21-12-7-13-26-23(21)29-14-16-32-17-15-29/h1-13,22H,14-18H2,(H,27,31)(H,28,30). The predicted octanol–water partition coefficient (Wildman–Crippen LogP) is 2.71. The van der Waals surface area contributed by atoms with Crippen molar-refractivity contribution in [2.45, 2.75) is 12.6 Å². The molecule has 7 heteroatoms. The molecule has 1 atom stereocenters. The van der Waals surface area contributed by atoms with Gasteiger partial charge in [-0.05, 0) is 23.8 Å². The van der Waals surface area contributed by atoms with E-state index in [1.807, 2.05) is 48.5 Å². The third-order valence-electron chi connectivity index (χ3n) is 5.34. The Hall–Kier alpha value is -3.71. The van der Waals surface area contributed by atoms with Crippen molar-refractivity contribution in [3.63, 3.8) is 0 Å². The van der Waals surface area contributed by atoms with E-state index in [0.29, 0.717) is 30.9 Å². The second-order valence-electron chi connectivity index (χ2n) is 7.49. The van der Waals surface area contributed by atoms with Crippen molar-refractivity contribution in [1.82, 2.24) is 15.6 Å². The lowest BCUT2D eigenvalue weighted by atomic mass is 10.0. The highest BCUT2D eigenvalue weighted by Crippen LogP contribution is 2.19. The highest BCUT2D eigenvalue weighted by Gasteiger charge is 2.24. The molecular weight excluding hydrogens is 404 g/mol. The minimum Gasteiger partial charge on any atom is -0.378 e. The second kappa shape index (κ2) is 10.5. The summed E-state index contributed by atoms with van der Waals surface area (Å²) in [4.78, 5) is 32.6. The Morgan fingerprint density at radius 1 is 0.938 bits per heavy atom. The van der Waals surface area contributed by atoms with Gasteiger partial charge in [-0.3, -0.25) is 9.59 Å². The average molecular weight is 431 g/mol. The molecule has 164 valence electrons. The number of amides is 2. The number of morpholine rings is 1. The van der Waals surface area contributed by atoms with E-state index in [1.165, 1.54) is 0 Å². The smallest absolute Gasteiger partial charge is 0.252 e. The van der Waals surface area contributed by atoms with E-state index in [9.17, 15) is 9.59 Å². The van der Waals surface area contributed by atoms with Crippen molar-refractivity contribution in [3.8, 4) is 0 Å². The molecule has 0 saturated carbocycles. The molecule has 0 radical (unpaired) electrons. The number of hydrogen-bond acceptors (Lipinski definition) is 5. The van der Waals surface area contributed by atoms with E-state index in [2.05, 4.69) is 20.5 Å². The molecule has 4 rings (SSSR count). The van der Waals surface area contributed by atoms with Gasteiger partial charge < -0.3 is 20.3 Å². The maximum absolute atomic E-state index is 13.2. The van der Waals surface area contributed by atoms with Crippen LogP contribution in [0.5, 0.6) is 0 Å². The van der Waals surface area contributed by atoms with E-state index >= 15 is 0 Å². The van der Waals surface area contributed by atoms with E-state index in [0.717, 1.165) is 24.5 Å². The van der Waals surface area contributed by atoms with Gasteiger partial charge in [0, 0.05) is 37.0 Å². The van der Waals surface area contributed by atoms with E-state index in [1.54, 1.807) is 30.5 Å². The van der Waals surface area contributed by atoms with Gasteiger partial charge in [-0.25, -0.2) is 4.98 Å². The summed E-state index contributed by atoms with van der Waals surface area (Å²) in [5.41, 5.74) is 2.14. The fourth-order valence-electron chi connectivity index (χ4n) is 3.66. The molecule has 7 nitrogen and oxygen atoms in total. The zero-order chi connectivity index (χ0) is 22.2. The fraction of sp³-hybridized carbons (Fsp3) is 0.240. The maximum Gasteiger partial charge on any atom is 0.252 e. The number of benzene rings is 2. The summed E-state index contributed by atoms with van der Waals surface area (Å²) >= 11 is 0. The lowest BCUT2D eigenvalue weighted by Crippen LogP contribution is -2.41. The third kappa shape index (κ3) is 5.31. The zero-order valence-electron chi connectivity index (χ0n) is 17.7. The van der Waals surface area contributed by atoms with Crippen molar-refractivity contribution < 1.29 is 14.3 Å². The first kappa shape index (κ1) is 21.5. The third-order valence-corrected chi connectivity index (χ3v) is 5.34. The monoisotopic (exact) mass is 430 g/mol. The minimum atomic E-state index is -0.813. The molecule has 32 heavy (non-hydrogen) atoms. The number of nitrogens with one attached hydrogen (secondary N) is 2. The van der Waals surface area contributed by atoms with Gasteiger partial charge in [-0.1, -0.05) is 54.6 Å². The molecule has 0 aliphatic carbocycles. The number of carbonyl (C=O) groups is 2. The first-order valence-electron chi connectivity index (χ1n) is 10.7. The van der Waals surface area contributed by atoms with Gasteiger partial charge in [0.15, 0.2) is 0 Å². The summed E-state index contributed by atoms with van der Waals surface area (Å²) in [5.74, 6) is 0.267. The number of carbonyl (C=O) groups excluding carboxylic acids is 2. The van der Waals surface area contributed by atoms with Gasteiger partial charge in [0.25, 0.3) is 5.91 Å². The molecule has 0 bridgehead atoms. The fourth-order valence-corrected chi connectivity index (χ4v) is 3.66. The van der Waals surface area contributed by atoms with Crippen molar-refractivity contribution in [1.29, 1.82) is 0 Å². The van der Waals surface area contributed by atoms with Gasteiger partial charge in [0.05, 0.1) is 13.2 Å². The summed E-state index contributed by atoms with van der Waals surface area (Å²) in [6.45, 7) is 3.15. The number of pyridine rings is 1. The van der Waals surface area contributed by atoms with Crippen molar-refractivity contribution in [2.24, 2.45) is 0 Å². The topological polar surface area (TPSA) is 83.6 Å². The lowest BCUT2D eigenvalue weighted by Gasteiger charge is -2.29. The second-order valence-corrected chi connectivity index (χ2v) is 7.49. The normalized spacial score (nSPS) is 14.4. The summed E-state index contributed by atoms with van der Waals surface area (Å²) in [6, 6.07) is 21.1. The maximum atomic E-state index is 13.2. The molecule has 1 unspecified atom stereocenters. The molecule has 1 fully saturated rings. The van der Waals surface area contributed by atoms with Crippen LogP contribution in [0, 0.1) is 0 Å². The van der Waals surface area contributed by atoms with Crippen LogP contribution in [0.25, 0.3) is 0 Å². The van der Waals surface area contributed by atoms with Crippen LogP contribution in [0.2, 0.25) is 0 Å². The summed E-state index contributed by atoms with van der Waals surface area (Å²) < 4.78 is 5.43. The van der Waals surface area contributed by atoms with Crippen LogP contribution >= 0.6 is 0 Å². The van der Waals surface area contributed by atoms with E-state index in [4.69, 9.17) is 4.74 Å². The molecular formula is C25H26N4O3. The summed E-state index contributed by atoms with van der Waals surface area (Å²) in [5, 5.41) is 5.85. The van der Waals surface area contributed by atoms with Gasteiger partial charge >= 0.3 is 0 Å². The van der Waals surface area contributed by atoms with Crippen molar-refractivity contribution in [3.05, 3.63) is 95.7 Å². The largest absolute Gasteiger partial charge is 0.378 e. The Labute approximate surface area is 187 Å².